The van der Waals surface area contributed by atoms with E-state index in [9.17, 15) is 9.90 Å². The van der Waals surface area contributed by atoms with Crippen molar-refractivity contribution in [3.63, 3.8) is 0 Å². The fourth-order valence-corrected chi connectivity index (χ4v) is 1.92. The highest BCUT2D eigenvalue weighted by Gasteiger charge is 2.12. The zero-order valence-corrected chi connectivity index (χ0v) is 12.2. The van der Waals surface area contributed by atoms with Crippen molar-refractivity contribution in [2.75, 3.05) is 5.32 Å². The summed E-state index contributed by atoms with van der Waals surface area (Å²) in [6.45, 7) is 0. The molecule has 1 heterocycles. The van der Waals surface area contributed by atoms with Crippen molar-refractivity contribution in [2.45, 2.75) is 0 Å². The summed E-state index contributed by atoms with van der Waals surface area (Å²) in [5.41, 5.74) is 0.189. The monoisotopic (exact) mass is 370 g/mol. The van der Waals surface area contributed by atoms with Crippen LogP contribution in [0.2, 0.25) is 0 Å². The smallest absolute Gasteiger partial charge is 0.260 e. The molecule has 0 radical (unpaired) electrons. The summed E-state index contributed by atoms with van der Waals surface area (Å²) >= 11 is 6.50. The molecule has 18 heavy (non-hydrogen) atoms. The van der Waals surface area contributed by atoms with E-state index in [2.05, 4.69) is 42.2 Å². The lowest BCUT2D eigenvalue weighted by Crippen LogP contribution is -2.13. The Morgan fingerprint density at radius 1 is 1.17 bits per heavy atom. The number of aromatic hydroxyl groups is 1. The molecule has 2 N–H and O–H groups in total. The number of aromatic nitrogens is 1. The largest absolute Gasteiger partial charge is 0.507 e. The number of carbonyl (C=O) groups excluding carboxylic acids is 1. The summed E-state index contributed by atoms with van der Waals surface area (Å²) in [6.07, 6.45) is 1.58. The van der Waals surface area contributed by atoms with E-state index in [1.54, 1.807) is 30.5 Å². The lowest BCUT2D eigenvalue weighted by Gasteiger charge is -2.06. The van der Waals surface area contributed by atoms with Crippen molar-refractivity contribution in [3.05, 3.63) is 51.0 Å². The molecule has 0 aliphatic heterocycles. The average molecular weight is 372 g/mol. The minimum atomic E-state index is -0.413. The zero-order valence-electron chi connectivity index (χ0n) is 9.02. The van der Waals surface area contributed by atoms with Crippen LogP contribution in [0, 0.1) is 0 Å². The third-order valence-electron chi connectivity index (χ3n) is 2.17. The molecule has 0 fully saturated rings. The Labute approximate surface area is 120 Å². The van der Waals surface area contributed by atoms with Gasteiger partial charge in [-0.2, -0.15) is 0 Å². The molecule has 0 spiro atoms. The Kier molecular flexibility index (Phi) is 3.98. The normalized spacial score (nSPS) is 10.1. The number of phenols is 1. The van der Waals surface area contributed by atoms with E-state index >= 15 is 0 Å². The molecule has 2 rings (SSSR count). The molecule has 4 nitrogen and oxygen atoms in total. The molecule has 1 amide bonds. The Morgan fingerprint density at radius 3 is 2.56 bits per heavy atom. The van der Waals surface area contributed by atoms with E-state index in [1.165, 1.54) is 6.07 Å². The van der Waals surface area contributed by atoms with Crippen LogP contribution < -0.4 is 5.32 Å². The third-order valence-corrected chi connectivity index (χ3v) is 3.13. The number of hydrogen-bond donors (Lipinski definition) is 2. The third kappa shape index (κ3) is 3.08. The van der Waals surface area contributed by atoms with E-state index in [0.717, 1.165) is 4.47 Å². The molecule has 0 bridgehead atoms. The summed E-state index contributed by atoms with van der Waals surface area (Å²) in [7, 11) is 0. The SMILES string of the molecule is O=C(Nc1ccc(Br)cn1)c1cc(Br)ccc1O. The number of hydrogen-bond acceptors (Lipinski definition) is 3. The van der Waals surface area contributed by atoms with Gasteiger partial charge in [0.1, 0.15) is 11.6 Å². The van der Waals surface area contributed by atoms with Crippen LogP contribution in [0.4, 0.5) is 5.82 Å². The summed E-state index contributed by atoms with van der Waals surface area (Å²) in [6, 6.07) is 8.09. The van der Waals surface area contributed by atoms with Gasteiger partial charge >= 0.3 is 0 Å². The first-order valence-electron chi connectivity index (χ1n) is 4.97. The second-order valence-electron chi connectivity index (χ2n) is 3.48. The molecule has 0 aliphatic rings. The topological polar surface area (TPSA) is 62.2 Å². The molecule has 0 saturated carbocycles. The fourth-order valence-electron chi connectivity index (χ4n) is 1.32. The van der Waals surface area contributed by atoms with Gasteiger partial charge in [0.15, 0.2) is 0 Å². The van der Waals surface area contributed by atoms with Crippen molar-refractivity contribution in [2.24, 2.45) is 0 Å². The predicted molar refractivity (Wildman–Crippen MR) is 75.7 cm³/mol. The molecule has 92 valence electrons. The van der Waals surface area contributed by atoms with Crippen LogP contribution in [0.5, 0.6) is 5.75 Å². The highest BCUT2D eigenvalue weighted by atomic mass is 79.9. The number of rotatable bonds is 2. The number of nitrogens with zero attached hydrogens (tertiary/aromatic N) is 1. The van der Waals surface area contributed by atoms with Crippen LogP contribution in [-0.2, 0) is 0 Å². The molecule has 1 aromatic heterocycles. The number of phenolic OH excluding ortho intramolecular Hbond substituents is 1. The maximum absolute atomic E-state index is 11.9. The standard InChI is InChI=1S/C12H8Br2N2O2/c13-7-1-3-10(17)9(5-7)12(18)16-11-4-2-8(14)6-15-11/h1-6,17H,(H,15,16,18). The summed E-state index contributed by atoms with van der Waals surface area (Å²) in [5, 5.41) is 12.2. The van der Waals surface area contributed by atoms with Crippen molar-refractivity contribution in [1.82, 2.24) is 4.98 Å². The van der Waals surface area contributed by atoms with Crippen LogP contribution >= 0.6 is 31.9 Å². The second kappa shape index (κ2) is 5.49. The van der Waals surface area contributed by atoms with E-state index in [1.807, 2.05) is 0 Å². The summed E-state index contributed by atoms with van der Waals surface area (Å²) in [5.74, 6) is -0.0704. The van der Waals surface area contributed by atoms with Gasteiger partial charge in [-0.05, 0) is 46.3 Å². The van der Waals surface area contributed by atoms with E-state index < -0.39 is 5.91 Å². The first-order valence-corrected chi connectivity index (χ1v) is 6.56. The van der Waals surface area contributed by atoms with Crippen LogP contribution in [0.3, 0.4) is 0 Å². The van der Waals surface area contributed by atoms with Gasteiger partial charge in [0.2, 0.25) is 0 Å². The Bertz CT molecular complexity index is 585. The number of halogens is 2. The van der Waals surface area contributed by atoms with Gasteiger partial charge in [0.05, 0.1) is 5.56 Å². The minimum absolute atomic E-state index is 0.0761. The van der Waals surface area contributed by atoms with Crippen LogP contribution in [0.1, 0.15) is 10.4 Å². The maximum Gasteiger partial charge on any atom is 0.260 e. The molecule has 1 aromatic carbocycles. The predicted octanol–water partition coefficient (Wildman–Crippen LogP) is 3.56. The van der Waals surface area contributed by atoms with E-state index in [0.29, 0.717) is 10.3 Å². The molecular formula is C12H8Br2N2O2. The number of pyridine rings is 1. The molecule has 0 unspecified atom stereocenters. The van der Waals surface area contributed by atoms with Gasteiger partial charge in [-0.3, -0.25) is 4.79 Å². The maximum atomic E-state index is 11.9. The highest BCUT2D eigenvalue weighted by Crippen LogP contribution is 2.22. The van der Waals surface area contributed by atoms with Gasteiger partial charge in [0.25, 0.3) is 5.91 Å². The Hall–Kier alpha value is -1.40. The van der Waals surface area contributed by atoms with Crippen LogP contribution in [0.15, 0.2) is 45.5 Å². The first kappa shape index (κ1) is 13.0. The van der Waals surface area contributed by atoms with Crippen molar-refractivity contribution >= 4 is 43.6 Å². The lowest BCUT2D eigenvalue weighted by atomic mass is 10.2. The molecule has 0 atom stereocenters. The summed E-state index contributed by atoms with van der Waals surface area (Å²) < 4.78 is 1.54. The van der Waals surface area contributed by atoms with Crippen molar-refractivity contribution in [3.8, 4) is 5.75 Å². The number of anilines is 1. The zero-order chi connectivity index (χ0) is 13.1. The minimum Gasteiger partial charge on any atom is -0.507 e. The van der Waals surface area contributed by atoms with E-state index in [-0.39, 0.29) is 11.3 Å². The molecule has 0 aliphatic carbocycles. The Balaban J connectivity index is 2.21. The van der Waals surface area contributed by atoms with Crippen molar-refractivity contribution in [1.29, 1.82) is 0 Å². The second-order valence-corrected chi connectivity index (χ2v) is 5.31. The quantitative estimate of drug-likeness (QED) is 0.848. The van der Waals surface area contributed by atoms with Crippen molar-refractivity contribution < 1.29 is 9.90 Å². The van der Waals surface area contributed by atoms with Crippen LogP contribution in [-0.4, -0.2) is 16.0 Å². The van der Waals surface area contributed by atoms with Gasteiger partial charge in [-0.15, -0.1) is 0 Å². The number of nitrogens with one attached hydrogen (secondary N) is 1. The highest BCUT2D eigenvalue weighted by molar-refractivity contribution is 9.10. The molecule has 0 saturated heterocycles. The van der Waals surface area contributed by atoms with Gasteiger partial charge in [-0.25, -0.2) is 4.98 Å². The van der Waals surface area contributed by atoms with E-state index in [4.69, 9.17) is 0 Å². The first-order chi connectivity index (χ1) is 8.56. The van der Waals surface area contributed by atoms with Gasteiger partial charge in [-0.1, -0.05) is 15.9 Å². The van der Waals surface area contributed by atoms with Gasteiger partial charge in [0, 0.05) is 15.1 Å². The van der Waals surface area contributed by atoms with Crippen LogP contribution in [0.25, 0.3) is 0 Å². The Morgan fingerprint density at radius 2 is 1.89 bits per heavy atom. The molecule has 6 heteroatoms. The number of amides is 1. The average Bonchev–Trinajstić information content (AvgIpc) is 2.35. The summed E-state index contributed by atoms with van der Waals surface area (Å²) in [4.78, 5) is 16.0. The number of benzene rings is 1. The number of carbonyl (C=O) groups is 1. The molecule has 2 aromatic rings. The van der Waals surface area contributed by atoms with Gasteiger partial charge < -0.3 is 10.4 Å². The lowest BCUT2D eigenvalue weighted by molar-refractivity contribution is 0.102. The fraction of sp³-hybridized carbons (Fsp3) is 0. The molecular weight excluding hydrogens is 364 g/mol.